The molecule has 4 heteroatoms. The molecule has 0 bridgehead atoms. The molecule has 3 nitrogen and oxygen atoms in total. The summed E-state index contributed by atoms with van der Waals surface area (Å²) in [5.41, 5.74) is 2.86. The molecule has 0 unspecified atom stereocenters. The molecule has 0 saturated carbocycles. The molecule has 1 amide bonds. The van der Waals surface area contributed by atoms with Gasteiger partial charge in [0.25, 0.3) is 5.91 Å². The monoisotopic (exact) mass is 258 g/mol. The summed E-state index contributed by atoms with van der Waals surface area (Å²) in [7, 11) is 0. The summed E-state index contributed by atoms with van der Waals surface area (Å²) in [6.07, 6.45) is 3.10. The minimum Gasteiger partial charge on any atom is -0.330 e. The molecule has 18 heavy (non-hydrogen) atoms. The van der Waals surface area contributed by atoms with Gasteiger partial charge in [0.1, 0.15) is 0 Å². The van der Waals surface area contributed by atoms with E-state index < -0.39 is 0 Å². The molecule has 0 aliphatic carbocycles. The third kappa shape index (κ3) is 1.87. The summed E-state index contributed by atoms with van der Waals surface area (Å²) in [6, 6.07) is 9.71. The Hall–Kier alpha value is -1.87. The van der Waals surface area contributed by atoms with Gasteiger partial charge in [-0.3, -0.25) is 9.78 Å². The zero-order chi connectivity index (χ0) is 12.5. The number of fused-ring (bicyclic) bond motifs is 1. The maximum absolute atomic E-state index is 12.3. The number of hydrogen-bond donors (Lipinski definition) is 0. The van der Waals surface area contributed by atoms with Crippen LogP contribution in [0.1, 0.15) is 21.5 Å². The van der Waals surface area contributed by atoms with Gasteiger partial charge >= 0.3 is 0 Å². The van der Waals surface area contributed by atoms with Crippen LogP contribution < -0.4 is 0 Å². The van der Waals surface area contributed by atoms with Gasteiger partial charge in [-0.2, -0.15) is 0 Å². The highest BCUT2D eigenvalue weighted by atomic mass is 35.5. The Kier molecular flexibility index (Phi) is 2.76. The van der Waals surface area contributed by atoms with Gasteiger partial charge in [-0.1, -0.05) is 35.9 Å². The second-order valence-corrected chi connectivity index (χ2v) is 4.69. The normalized spacial score (nSPS) is 13.5. The number of rotatable bonds is 1. The minimum absolute atomic E-state index is 0.0655. The largest absolute Gasteiger partial charge is 0.330 e. The van der Waals surface area contributed by atoms with Gasteiger partial charge in [0.2, 0.25) is 0 Å². The molecule has 0 saturated heterocycles. The third-order valence-electron chi connectivity index (χ3n) is 3.13. The van der Waals surface area contributed by atoms with Crippen molar-refractivity contribution in [2.45, 2.75) is 13.1 Å². The van der Waals surface area contributed by atoms with E-state index in [1.165, 1.54) is 17.3 Å². The van der Waals surface area contributed by atoms with Crippen LogP contribution in [0.5, 0.6) is 0 Å². The highest BCUT2D eigenvalue weighted by molar-refractivity contribution is 6.33. The van der Waals surface area contributed by atoms with E-state index in [2.05, 4.69) is 4.98 Å². The van der Waals surface area contributed by atoms with E-state index in [0.29, 0.717) is 23.7 Å². The van der Waals surface area contributed by atoms with Crippen LogP contribution in [-0.4, -0.2) is 15.8 Å². The molecule has 2 aromatic rings. The average Bonchev–Trinajstić information content (AvgIpc) is 2.82. The number of carbonyl (C=O) groups is 1. The summed E-state index contributed by atoms with van der Waals surface area (Å²) >= 11 is 6.02. The van der Waals surface area contributed by atoms with Crippen LogP contribution in [0.3, 0.4) is 0 Å². The smallest absolute Gasteiger partial charge is 0.257 e. The lowest BCUT2D eigenvalue weighted by molar-refractivity contribution is 0.0751. The molecular formula is C14H11ClN2O. The Bertz CT molecular complexity index is 587. The van der Waals surface area contributed by atoms with Gasteiger partial charge in [0.15, 0.2) is 0 Å². The lowest BCUT2D eigenvalue weighted by Gasteiger charge is -2.15. The van der Waals surface area contributed by atoms with E-state index in [4.69, 9.17) is 11.6 Å². The van der Waals surface area contributed by atoms with Crippen molar-refractivity contribution in [2.24, 2.45) is 0 Å². The van der Waals surface area contributed by atoms with Gasteiger partial charge in [-0.15, -0.1) is 0 Å². The molecule has 1 aromatic heterocycles. The SMILES string of the molecule is O=C(c1cnccc1Cl)N1Cc2ccccc2C1. The molecule has 1 aliphatic heterocycles. The minimum atomic E-state index is -0.0655. The molecule has 90 valence electrons. The van der Waals surface area contributed by atoms with Crippen LogP contribution in [0.4, 0.5) is 0 Å². The van der Waals surface area contributed by atoms with Crippen LogP contribution in [0.25, 0.3) is 0 Å². The summed E-state index contributed by atoms with van der Waals surface area (Å²) in [5, 5.41) is 0.450. The van der Waals surface area contributed by atoms with Gasteiger partial charge in [0.05, 0.1) is 10.6 Å². The highest BCUT2D eigenvalue weighted by Gasteiger charge is 2.25. The van der Waals surface area contributed by atoms with Crippen molar-refractivity contribution in [3.8, 4) is 0 Å². The highest BCUT2D eigenvalue weighted by Crippen LogP contribution is 2.25. The van der Waals surface area contributed by atoms with E-state index in [0.717, 1.165) is 0 Å². The Morgan fingerprint density at radius 1 is 1.17 bits per heavy atom. The van der Waals surface area contributed by atoms with Crippen molar-refractivity contribution in [1.82, 2.24) is 9.88 Å². The summed E-state index contributed by atoms with van der Waals surface area (Å²) in [5.74, 6) is -0.0655. The number of hydrogen-bond acceptors (Lipinski definition) is 2. The van der Waals surface area contributed by atoms with E-state index in [-0.39, 0.29) is 5.91 Å². The number of benzene rings is 1. The molecule has 0 N–H and O–H groups in total. The van der Waals surface area contributed by atoms with Gasteiger partial charge in [-0.25, -0.2) is 0 Å². The van der Waals surface area contributed by atoms with Crippen LogP contribution >= 0.6 is 11.6 Å². The Morgan fingerprint density at radius 2 is 1.83 bits per heavy atom. The van der Waals surface area contributed by atoms with Crippen molar-refractivity contribution >= 4 is 17.5 Å². The second kappa shape index (κ2) is 4.42. The average molecular weight is 259 g/mol. The van der Waals surface area contributed by atoms with E-state index in [1.54, 1.807) is 17.2 Å². The molecule has 1 aliphatic rings. The van der Waals surface area contributed by atoms with E-state index in [1.807, 2.05) is 24.3 Å². The number of carbonyl (C=O) groups excluding carboxylic acids is 1. The molecule has 0 fully saturated rings. The summed E-state index contributed by atoms with van der Waals surface area (Å²) in [4.78, 5) is 18.1. The maximum atomic E-state index is 12.3. The van der Waals surface area contributed by atoms with Crippen molar-refractivity contribution < 1.29 is 4.79 Å². The topological polar surface area (TPSA) is 33.2 Å². The van der Waals surface area contributed by atoms with Crippen LogP contribution in [0.2, 0.25) is 5.02 Å². The summed E-state index contributed by atoms with van der Waals surface area (Å²) in [6.45, 7) is 1.28. The zero-order valence-corrected chi connectivity index (χ0v) is 10.4. The van der Waals surface area contributed by atoms with Crippen molar-refractivity contribution in [1.29, 1.82) is 0 Å². The van der Waals surface area contributed by atoms with E-state index >= 15 is 0 Å². The number of nitrogens with zero attached hydrogens (tertiary/aromatic N) is 2. The van der Waals surface area contributed by atoms with Crippen LogP contribution in [-0.2, 0) is 13.1 Å². The second-order valence-electron chi connectivity index (χ2n) is 4.29. The van der Waals surface area contributed by atoms with Crippen LogP contribution in [0, 0.1) is 0 Å². The fourth-order valence-corrected chi connectivity index (χ4v) is 2.37. The number of aromatic nitrogens is 1. The zero-order valence-electron chi connectivity index (χ0n) is 9.64. The fourth-order valence-electron chi connectivity index (χ4n) is 2.18. The summed E-state index contributed by atoms with van der Waals surface area (Å²) < 4.78 is 0. The molecule has 0 radical (unpaired) electrons. The first-order valence-corrected chi connectivity index (χ1v) is 6.09. The Labute approximate surface area is 110 Å². The van der Waals surface area contributed by atoms with Crippen molar-refractivity contribution in [3.63, 3.8) is 0 Å². The first-order valence-electron chi connectivity index (χ1n) is 5.71. The molecule has 0 spiro atoms. The van der Waals surface area contributed by atoms with Crippen LogP contribution in [0.15, 0.2) is 42.7 Å². The quantitative estimate of drug-likeness (QED) is 0.788. The van der Waals surface area contributed by atoms with Gasteiger partial charge < -0.3 is 4.90 Å². The first-order chi connectivity index (χ1) is 8.75. The lowest BCUT2D eigenvalue weighted by Crippen LogP contribution is -2.25. The third-order valence-corrected chi connectivity index (χ3v) is 3.46. The predicted octanol–water partition coefficient (Wildman–Crippen LogP) is 2.89. The predicted molar refractivity (Wildman–Crippen MR) is 69.3 cm³/mol. The van der Waals surface area contributed by atoms with Gasteiger partial charge in [0, 0.05) is 25.5 Å². The van der Waals surface area contributed by atoms with Crippen molar-refractivity contribution in [3.05, 3.63) is 64.4 Å². The number of pyridine rings is 1. The molecule has 1 aromatic carbocycles. The van der Waals surface area contributed by atoms with Gasteiger partial charge in [-0.05, 0) is 17.2 Å². The van der Waals surface area contributed by atoms with Crippen molar-refractivity contribution in [2.75, 3.05) is 0 Å². The molecule has 3 rings (SSSR count). The standard InChI is InChI=1S/C14H11ClN2O/c15-13-5-6-16-7-12(13)14(18)17-8-10-3-1-2-4-11(10)9-17/h1-7H,8-9H2. The Balaban J connectivity index is 1.87. The molecule has 0 atom stereocenters. The number of halogens is 1. The first kappa shape index (κ1) is 11.2. The van der Waals surface area contributed by atoms with E-state index in [9.17, 15) is 4.79 Å². The number of amides is 1. The maximum Gasteiger partial charge on any atom is 0.257 e. The fraction of sp³-hybridized carbons (Fsp3) is 0.143. The lowest BCUT2D eigenvalue weighted by atomic mass is 10.1. The Morgan fingerprint density at radius 3 is 2.44 bits per heavy atom. The molecular weight excluding hydrogens is 248 g/mol. The molecule has 2 heterocycles.